The van der Waals surface area contributed by atoms with Crippen LogP contribution in [-0.4, -0.2) is 10.5 Å². The minimum atomic E-state index is -0.202. The number of nitrogens with zero attached hydrogens (tertiary/aromatic N) is 1. The summed E-state index contributed by atoms with van der Waals surface area (Å²) in [5, 5.41) is 4.16. The zero-order valence-corrected chi connectivity index (χ0v) is 16.3. The second-order valence-electron chi connectivity index (χ2n) is 6.23. The first-order chi connectivity index (χ1) is 13.6. The third kappa shape index (κ3) is 3.68. The summed E-state index contributed by atoms with van der Waals surface area (Å²) in [4.78, 5) is 13.0. The molecule has 4 rings (SSSR count). The normalized spacial score (nSPS) is 10.6. The lowest BCUT2D eigenvalue weighted by Gasteiger charge is -2.13. The number of hydrogen-bond acceptors (Lipinski definition) is 1. The second kappa shape index (κ2) is 7.93. The van der Waals surface area contributed by atoms with E-state index in [0.717, 1.165) is 16.9 Å². The number of hydrogen-bond donors (Lipinski definition) is 1. The van der Waals surface area contributed by atoms with Gasteiger partial charge in [-0.3, -0.25) is 4.79 Å². The molecule has 5 heteroatoms. The van der Waals surface area contributed by atoms with Crippen LogP contribution in [-0.2, 0) is 0 Å². The number of halogens is 2. The number of amides is 1. The molecule has 0 unspecified atom stereocenters. The fraction of sp³-hybridized carbons (Fsp3) is 0. The summed E-state index contributed by atoms with van der Waals surface area (Å²) >= 11 is 12.3. The molecule has 0 saturated carbocycles. The average molecular weight is 407 g/mol. The Kier molecular flexibility index (Phi) is 5.20. The van der Waals surface area contributed by atoms with Gasteiger partial charge < -0.3 is 9.88 Å². The molecule has 28 heavy (non-hydrogen) atoms. The number of carbonyl (C=O) groups excluding carboxylic acids is 1. The molecule has 1 aromatic heterocycles. The molecule has 1 heterocycles. The van der Waals surface area contributed by atoms with Gasteiger partial charge in [-0.25, -0.2) is 0 Å². The summed E-state index contributed by atoms with van der Waals surface area (Å²) < 4.78 is 1.94. The van der Waals surface area contributed by atoms with E-state index >= 15 is 0 Å². The lowest BCUT2D eigenvalue weighted by Crippen LogP contribution is -2.13. The van der Waals surface area contributed by atoms with Crippen molar-refractivity contribution in [2.45, 2.75) is 0 Å². The van der Waals surface area contributed by atoms with Crippen LogP contribution in [0, 0.1) is 0 Å². The van der Waals surface area contributed by atoms with E-state index < -0.39 is 0 Å². The summed E-state index contributed by atoms with van der Waals surface area (Å²) in [7, 11) is 0. The molecule has 0 bridgehead atoms. The van der Waals surface area contributed by atoms with E-state index in [-0.39, 0.29) is 5.91 Å². The zero-order chi connectivity index (χ0) is 19.5. The summed E-state index contributed by atoms with van der Waals surface area (Å²) in [6.45, 7) is 0. The third-order valence-electron chi connectivity index (χ3n) is 4.39. The molecule has 3 aromatic carbocycles. The zero-order valence-electron chi connectivity index (χ0n) is 14.8. The van der Waals surface area contributed by atoms with Crippen molar-refractivity contribution < 1.29 is 4.79 Å². The highest BCUT2D eigenvalue weighted by molar-refractivity contribution is 6.32. The number of carbonyl (C=O) groups is 1. The summed E-state index contributed by atoms with van der Waals surface area (Å²) in [6.07, 6.45) is 1.86. The van der Waals surface area contributed by atoms with Gasteiger partial charge in [-0.05, 0) is 48.0 Å². The number of benzene rings is 3. The maximum atomic E-state index is 13.0. The molecule has 0 saturated heterocycles. The second-order valence-corrected chi connectivity index (χ2v) is 7.07. The van der Waals surface area contributed by atoms with Crippen LogP contribution < -0.4 is 5.32 Å². The summed E-state index contributed by atoms with van der Waals surface area (Å²) in [5.74, 6) is -0.202. The predicted molar refractivity (Wildman–Crippen MR) is 116 cm³/mol. The molecule has 0 spiro atoms. The molecule has 138 valence electrons. The summed E-state index contributed by atoms with van der Waals surface area (Å²) in [5.41, 5.74) is 3.75. The highest BCUT2D eigenvalue weighted by Crippen LogP contribution is 2.31. The highest BCUT2D eigenvalue weighted by Gasteiger charge is 2.19. The molecule has 0 aliphatic carbocycles. The van der Waals surface area contributed by atoms with E-state index in [4.69, 9.17) is 23.2 Å². The first-order valence-electron chi connectivity index (χ1n) is 8.72. The Labute approximate surface area is 173 Å². The number of nitrogens with one attached hydrogen (secondary N) is 1. The molecule has 0 aliphatic rings. The van der Waals surface area contributed by atoms with Crippen LogP contribution in [0.1, 0.15) is 10.4 Å². The van der Waals surface area contributed by atoms with Crippen LogP contribution in [0.15, 0.2) is 91.1 Å². The lowest BCUT2D eigenvalue weighted by molar-refractivity contribution is 0.102. The van der Waals surface area contributed by atoms with Gasteiger partial charge in [0.15, 0.2) is 0 Å². The molecule has 0 aliphatic heterocycles. The Balaban J connectivity index is 1.80. The van der Waals surface area contributed by atoms with Gasteiger partial charge in [0.25, 0.3) is 5.91 Å². The van der Waals surface area contributed by atoms with Crippen molar-refractivity contribution in [2.24, 2.45) is 0 Å². The topological polar surface area (TPSA) is 34.0 Å². The largest absolute Gasteiger partial charge is 0.322 e. The molecule has 1 amide bonds. The third-order valence-corrected chi connectivity index (χ3v) is 4.96. The SMILES string of the molecule is O=C(Nc1ccc(Cl)cc1)c1ccn(-c2ccccc2Cl)c1-c1ccccc1. The molecule has 0 fully saturated rings. The van der Waals surface area contributed by atoms with Gasteiger partial charge >= 0.3 is 0 Å². The van der Waals surface area contributed by atoms with Gasteiger partial charge in [0.2, 0.25) is 0 Å². The fourth-order valence-electron chi connectivity index (χ4n) is 3.09. The molecule has 0 radical (unpaired) electrons. The fourth-order valence-corrected chi connectivity index (χ4v) is 3.44. The van der Waals surface area contributed by atoms with Crippen LogP contribution >= 0.6 is 23.2 Å². The van der Waals surface area contributed by atoms with Crippen molar-refractivity contribution in [1.82, 2.24) is 4.57 Å². The van der Waals surface area contributed by atoms with Crippen molar-refractivity contribution in [2.75, 3.05) is 5.32 Å². The standard InChI is InChI=1S/C23H16Cl2N2O/c24-17-10-12-18(13-11-17)26-23(28)19-14-15-27(21-9-5-4-8-20(21)25)22(19)16-6-2-1-3-7-16/h1-15H,(H,26,28). The van der Waals surface area contributed by atoms with Crippen molar-refractivity contribution >= 4 is 34.8 Å². The first-order valence-corrected chi connectivity index (χ1v) is 9.47. The summed E-state index contributed by atoms with van der Waals surface area (Å²) in [6, 6.07) is 26.2. The van der Waals surface area contributed by atoms with E-state index in [0.29, 0.717) is 21.3 Å². The maximum Gasteiger partial charge on any atom is 0.257 e. The Morgan fingerprint density at radius 2 is 1.46 bits per heavy atom. The highest BCUT2D eigenvalue weighted by atomic mass is 35.5. The molecular weight excluding hydrogens is 391 g/mol. The number of rotatable bonds is 4. The molecule has 1 N–H and O–H groups in total. The van der Waals surface area contributed by atoms with Crippen LogP contribution in [0.25, 0.3) is 16.9 Å². The molecule has 3 nitrogen and oxygen atoms in total. The number of aromatic nitrogens is 1. The Hall–Kier alpha value is -3.01. The van der Waals surface area contributed by atoms with Crippen LogP contribution in [0.5, 0.6) is 0 Å². The minimum absolute atomic E-state index is 0.202. The van der Waals surface area contributed by atoms with Crippen molar-refractivity contribution in [1.29, 1.82) is 0 Å². The Bertz CT molecular complexity index is 1120. The van der Waals surface area contributed by atoms with Crippen molar-refractivity contribution in [3.8, 4) is 16.9 Å². The first kappa shape index (κ1) is 18.4. The maximum absolute atomic E-state index is 13.0. The molecule has 0 atom stereocenters. The quantitative estimate of drug-likeness (QED) is 0.401. The Morgan fingerprint density at radius 1 is 0.786 bits per heavy atom. The lowest BCUT2D eigenvalue weighted by atomic mass is 10.1. The van der Waals surface area contributed by atoms with E-state index in [1.807, 2.05) is 65.4 Å². The van der Waals surface area contributed by atoms with Gasteiger partial charge in [0.1, 0.15) is 0 Å². The van der Waals surface area contributed by atoms with Gasteiger partial charge in [0, 0.05) is 16.9 Å². The number of para-hydroxylation sites is 1. The van der Waals surface area contributed by atoms with Gasteiger partial charge in [-0.15, -0.1) is 0 Å². The van der Waals surface area contributed by atoms with Gasteiger partial charge in [-0.2, -0.15) is 0 Å². The van der Waals surface area contributed by atoms with E-state index in [1.165, 1.54) is 0 Å². The van der Waals surface area contributed by atoms with Crippen molar-refractivity contribution in [3.05, 3.63) is 107 Å². The smallest absolute Gasteiger partial charge is 0.257 e. The van der Waals surface area contributed by atoms with Crippen molar-refractivity contribution in [3.63, 3.8) is 0 Å². The Morgan fingerprint density at radius 3 is 2.18 bits per heavy atom. The van der Waals surface area contributed by atoms with Crippen LogP contribution in [0.4, 0.5) is 5.69 Å². The van der Waals surface area contributed by atoms with Crippen LogP contribution in [0.2, 0.25) is 10.0 Å². The van der Waals surface area contributed by atoms with E-state index in [2.05, 4.69) is 5.32 Å². The average Bonchev–Trinajstić information content (AvgIpc) is 3.16. The monoisotopic (exact) mass is 406 g/mol. The van der Waals surface area contributed by atoms with Gasteiger partial charge in [-0.1, -0.05) is 65.7 Å². The van der Waals surface area contributed by atoms with Gasteiger partial charge in [0.05, 0.1) is 22.0 Å². The van der Waals surface area contributed by atoms with E-state index in [1.54, 1.807) is 30.3 Å². The van der Waals surface area contributed by atoms with Crippen LogP contribution in [0.3, 0.4) is 0 Å². The molecular formula is C23H16Cl2N2O. The minimum Gasteiger partial charge on any atom is -0.322 e. The number of anilines is 1. The van der Waals surface area contributed by atoms with E-state index in [9.17, 15) is 4.79 Å². The molecule has 4 aromatic rings. The predicted octanol–water partition coefficient (Wildman–Crippen LogP) is 6.70.